The Morgan fingerprint density at radius 1 is 1.13 bits per heavy atom. The van der Waals surface area contributed by atoms with E-state index in [1.807, 2.05) is 12.2 Å². The molecule has 4 rings (SSSR count). The minimum absolute atomic E-state index is 0.0872. The highest BCUT2D eigenvalue weighted by Crippen LogP contribution is 2.53. The molecular weight excluding hydrogens is 388 g/mol. The van der Waals surface area contributed by atoms with Gasteiger partial charge >= 0.3 is 5.97 Å². The van der Waals surface area contributed by atoms with Crippen molar-refractivity contribution in [3.63, 3.8) is 0 Å². The van der Waals surface area contributed by atoms with E-state index in [0.717, 1.165) is 19.3 Å². The molecule has 30 heavy (non-hydrogen) atoms. The number of carbonyl (C=O) groups is 3. The van der Waals surface area contributed by atoms with Gasteiger partial charge in [0.2, 0.25) is 11.8 Å². The van der Waals surface area contributed by atoms with E-state index < -0.39 is 35.6 Å². The highest BCUT2D eigenvalue weighted by Gasteiger charge is 2.71. The van der Waals surface area contributed by atoms with Crippen molar-refractivity contribution in [2.45, 2.75) is 50.4 Å². The minimum atomic E-state index is -1.20. The van der Waals surface area contributed by atoms with Gasteiger partial charge < -0.3 is 24.4 Å². The number of rotatable bonds is 7. The normalized spacial score (nSPS) is 35.1. The predicted octanol–water partition coefficient (Wildman–Crippen LogP) is 0.651. The number of esters is 1. The fourth-order valence-electron chi connectivity index (χ4n) is 5.25. The van der Waals surface area contributed by atoms with Crippen molar-refractivity contribution in [3.8, 4) is 0 Å². The van der Waals surface area contributed by atoms with Crippen molar-refractivity contribution >= 4 is 17.8 Å². The number of ether oxygens (including phenoxy) is 2. The molecule has 5 atom stereocenters. The van der Waals surface area contributed by atoms with E-state index in [2.05, 4.69) is 6.92 Å². The first-order valence-corrected chi connectivity index (χ1v) is 10.9. The van der Waals surface area contributed by atoms with E-state index in [-0.39, 0.29) is 31.6 Å². The Kier molecular flexibility index (Phi) is 5.97. The first kappa shape index (κ1) is 21.1. The second-order valence-electron chi connectivity index (χ2n) is 8.40. The van der Waals surface area contributed by atoms with Crippen molar-refractivity contribution in [1.82, 2.24) is 9.80 Å². The second-order valence-corrected chi connectivity index (χ2v) is 8.40. The summed E-state index contributed by atoms with van der Waals surface area (Å²) in [6, 6.07) is -0.838. The van der Waals surface area contributed by atoms with Gasteiger partial charge in [-0.25, -0.2) is 0 Å². The highest BCUT2D eigenvalue weighted by molar-refractivity contribution is 5.99. The lowest BCUT2D eigenvalue weighted by atomic mass is 9.78. The summed E-state index contributed by atoms with van der Waals surface area (Å²) in [6.45, 7) is 3.49. The highest BCUT2D eigenvalue weighted by atomic mass is 16.6. The molecule has 0 bridgehead atoms. The smallest absolute Gasteiger partial charge is 0.313 e. The number of fused-ring (bicyclic) bond motifs is 2. The van der Waals surface area contributed by atoms with Gasteiger partial charge in [0.25, 0.3) is 0 Å². The van der Waals surface area contributed by atoms with Crippen LogP contribution in [0.25, 0.3) is 0 Å². The van der Waals surface area contributed by atoms with Gasteiger partial charge in [-0.15, -0.1) is 0 Å². The van der Waals surface area contributed by atoms with Crippen LogP contribution in [0.15, 0.2) is 24.3 Å². The van der Waals surface area contributed by atoms with Crippen molar-refractivity contribution < 1.29 is 29.0 Å². The number of cyclic esters (lactones) is 1. The lowest BCUT2D eigenvalue weighted by Crippen LogP contribution is -2.55. The molecule has 0 radical (unpaired) electrons. The molecule has 0 aliphatic carbocycles. The maximum Gasteiger partial charge on any atom is 0.313 e. The van der Waals surface area contributed by atoms with Crippen LogP contribution >= 0.6 is 0 Å². The fourth-order valence-corrected chi connectivity index (χ4v) is 5.25. The maximum absolute atomic E-state index is 13.6. The molecule has 8 heteroatoms. The second kappa shape index (κ2) is 8.51. The largest absolute Gasteiger partial charge is 0.461 e. The quantitative estimate of drug-likeness (QED) is 0.371. The van der Waals surface area contributed by atoms with E-state index in [1.54, 1.807) is 17.1 Å². The van der Waals surface area contributed by atoms with Crippen molar-refractivity contribution in [1.29, 1.82) is 0 Å². The number of nitrogens with zero attached hydrogens (tertiary/aromatic N) is 2. The number of carbonyl (C=O) groups excluding carboxylic acids is 3. The maximum atomic E-state index is 13.6. The SMILES string of the molecule is CCCCCN1CC=C[C@]23O[C@H]4C=CCOC(=O)[C@H]4[C@H]2C(=O)N(CCCO)C3C1=O. The summed E-state index contributed by atoms with van der Waals surface area (Å²) in [6.07, 6.45) is 9.94. The van der Waals surface area contributed by atoms with Crippen LogP contribution in [0, 0.1) is 11.8 Å². The summed E-state index contributed by atoms with van der Waals surface area (Å²) >= 11 is 0. The molecule has 1 N–H and O–H groups in total. The average molecular weight is 418 g/mol. The topological polar surface area (TPSA) is 96.4 Å². The Morgan fingerprint density at radius 2 is 1.97 bits per heavy atom. The summed E-state index contributed by atoms with van der Waals surface area (Å²) in [7, 11) is 0. The molecule has 0 aromatic carbocycles. The molecule has 2 amide bonds. The van der Waals surface area contributed by atoms with Crippen LogP contribution in [0.1, 0.15) is 32.6 Å². The Labute approximate surface area is 176 Å². The predicted molar refractivity (Wildman–Crippen MR) is 107 cm³/mol. The number of hydrogen-bond acceptors (Lipinski definition) is 6. The van der Waals surface area contributed by atoms with Gasteiger partial charge in [-0.1, -0.05) is 38.0 Å². The van der Waals surface area contributed by atoms with E-state index >= 15 is 0 Å². The first-order chi connectivity index (χ1) is 14.5. The number of unbranched alkanes of at least 4 members (excludes halogenated alkanes) is 2. The Bertz CT molecular complexity index is 765. The molecule has 0 aromatic heterocycles. The monoisotopic (exact) mass is 418 g/mol. The molecule has 1 unspecified atom stereocenters. The van der Waals surface area contributed by atoms with Crippen LogP contribution in [0.4, 0.5) is 0 Å². The Balaban J connectivity index is 1.73. The first-order valence-electron chi connectivity index (χ1n) is 10.9. The molecule has 2 fully saturated rings. The van der Waals surface area contributed by atoms with Gasteiger partial charge in [0.05, 0.1) is 12.0 Å². The van der Waals surface area contributed by atoms with E-state index in [1.165, 1.54) is 4.90 Å². The van der Waals surface area contributed by atoms with Gasteiger partial charge in [0, 0.05) is 26.2 Å². The average Bonchev–Trinajstić information content (AvgIpc) is 3.03. The van der Waals surface area contributed by atoms with Crippen molar-refractivity contribution in [3.05, 3.63) is 24.3 Å². The number of aliphatic hydroxyl groups excluding tert-OH is 1. The van der Waals surface area contributed by atoms with Gasteiger partial charge in [-0.05, 0) is 18.9 Å². The number of hydrogen-bond donors (Lipinski definition) is 1. The van der Waals surface area contributed by atoms with Crippen LogP contribution in [0.2, 0.25) is 0 Å². The molecule has 4 aliphatic rings. The lowest BCUT2D eigenvalue weighted by Gasteiger charge is -2.35. The summed E-state index contributed by atoms with van der Waals surface area (Å²) in [5.41, 5.74) is -1.20. The van der Waals surface area contributed by atoms with Crippen molar-refractivity contribution in [2.24, 2.45) is 11.8 Å². The van der Waals surface area contributed by atoms with Gasteiger partial charge in [0.15, 0.2) is 0 Å². The number of amides is 2. The third-order valence-electron chi connectivity index (χ3n) is 6.59. The summed E-state index contributed by atoms with van der Waals surface area (Å²) in [5.74, 6) is -2.48. The van der Waals surface area contributed by atoms with Crippen LogP contribution in [0.5, 0.6) is 0 Å². The molecular formula is C22H30N2O6. The van der Waals surface area contributed by atoms with Gasteiger partial charge in [-0.2, -0.15) is 0 Å². The summed E-state index contributed by atoms with van der Waals surface area (Å²) < 4.78 is 11.7. The molecule has 2 saturated heterocycles. The van der Waals surface area contributed by atoms with E-state index in [9.17, 15) is 19.5 Å². The van der Waals surface area contributed by atoms with E-state index in [0.29, 0.717) is 19.5 Å². The zero-order valence-electron chi connectivity index (χ0n) is 17.4. The van der Waals surface area contributed by atoms with Crippen LogP contribution in [-0.4, -0.2) is 83.3 Å². The number of likely N-dealkylation sites (tertiary alicyclic amines) is 1. The van der Waals surface area contributed by atoms with Gasteiger partial charge in [0.1, 0.15) is 24.2 Å². The molecule has 0 aromatic rings. The summed E-state index contributed by atoms with van der Waals surface area (Å²) in [5, 5.41) is 9.33. The zero-order valence-corrected chi connectivity index (χ0v) is 17.4. The van der Waals surface area contributed by atoms with Crippen LogP contribution < -0.4 is 0 Å². The Morgan fingerprint density at radius 3 is 2.73 bits per heavy atom. The standard InChI is InChI=1S/C22H30N2O6/c1-2-3-4-10-23-11-6-9-22-17(16-15(30-22)8-5-14-29-21(16)28)19(26)24(12-7-13-25)18(22)20(23)27/h5-6,8-9,15-18,25H,2-4,7,10-14H2,1H3/t15-,16+,17-,18?,22-/m0/s1. The molecule has 0 saturated carbocycles. The third-order valence-corrected chi connectivity index (χ3v) is 6.59. The molecule has 164 valence electrons. The fraction of sp³-hybridized carbons (Fsp3) is 0.682. The van der Waals surface area contributed by atoms with E-state index in [4.69, 9.17) is 9.47 Å². The molecule has 4 aliphatic heterocycles. The molecule has 8 nitrogen and oxygen atoms in total. The molecule has 1 spiro atoms. The van der Waals surface area contributed by atoms with Gasteiger partial charge in [-0.3, -0.25) is 14.4 Å². The lowest BCUT2D eigenvalue weighted by molar-refractivity contribution is -0.153. The van der Waals surface area contributed by atoms with Crippen LogP contribution in [0.3, 0.4) is 0 Å². The minimum Gasteiger partial charge on any atom is -0.461 e. The Hall–Kier alpha value is -2.19. The van der Waals surface area contributed by atoms with Crippen molar-refractivity contribution in [2.75, 3.05) is 32.8 Å². The zero-order chi connectivity index (χ0) is 21.3. The number of aliphatic hydroxyl groups is 1. The van der Waals surface area contributed by atoms with Crippen LogP contribution in [-0.2, 0) is 23.9 Å². The third kappa shape index (κ3) is 3.26. The molecule has 4 heterocycles. The summed E-state index contributed by atoms with van der Waals surface area (Å²) in [4.78, 5) is 43.2.